The summed E-state index contributed by atoms with van der Waals surface area (Å²) < 4.78 is 9.80. The molecule has 1 fully saturated rings. The van der Waals surface area contributed by atoms with Crippen LogP contribution in [-0.4, -0.2) is 73.2 Å². The molecule has 0 spiro atoms. The van der Waals surface area contributed by atoms with Gasteiger partial charge in [0.15, 0.2) is 0 Å². The molecule has 1 aromatic rings. The number of piperidine rings is 1. The van der Waals surface area contributed by atoms with Gasteiger partial charge in [-0.25, -0.2) is 9.59 Å². The number of carbonyl (C=O) groups excluding carboxylic acids is 3. The van der Waals surface area contributed by atoms with Gasteiger partial charge in [0.05, 0.1) is 20.6 Å². The summed E-state index contributed by atoms with van der Waals surface area (Å²) in [5, 5.41) is 7.83. The summed E-state index contributed by atoms with van der Waals surface area (Å²) in [5.74, 6) is -1.67. The normalized spacial score (nSPS) is 15.2. The van der Waals surface area contributed by atoms with E-state index in [0.29, 0.717) is 51.0 Å². The molecule has 2 rings (SSSR count). The number of aliphatic carboxylic acids is 1. The van der Waals surface area contributed by atoms with Gasteiger partial charge in [0, 0.05) is 37.8 Å². The number of para-hydroxylation sites is 1. The van der Waals surface area contributed by atoms with Crippen LogP contribution in [0, 0.1) is 0 Å². The van der Waals surface area contributed by atoms with Gasteiger partial charge >= 0.3 is 17.9 Å². The predicted molar refractivity (Wildman–Crippen MR) is 124 cm³/mol. The Kier molecular flexibility index (Phi) is 11.9. The SMILES string of the molecule is C/C=C/C(=O)O.CCC(=O)N(c1ccccc1)C1(C(=O)OC)CCN(CCC(=O)OC)CC1. The van der Waals surface area contributed by atoms with Crippen molar-refractivity contribution in [1.82, 2.24) is 4.90 Å². The highest BCUT2D eigenvalue weighted by Crippen LogP contribution is 2.35. The summed E-state index contributed by atoms with van der Waals surface area (Å²) in [4.78, 5) is 50.3. The first kappa shape index (κ1) is 27.8. The number of esters is 2. The molecule has 0 atom stereocenters. The molecular weight excluding hydrogens is 428 g/mol. The number of likely N-dealkylation sites (tertiary alicyclic amines) is 1. The van der Waals surface area contributed by atoms with E-state index < -0.39 is 17.5 Å². The van der Waals surface area contributed by atoms with Crippen molar-refractivity contribution in [2.24, 2.45) is 0 Å². The van der Waals surface area contributed by atoms with Gasteiger partial charge in [-0.05, 0) is 31.9 Å². The Balaban J connectivity index is 0.000000801. The Bertz CT molecular complexity index is 815. The number of carboxylic acid groups (broad SMARTS) is 1. The molecular formula is C24H34N2O7. The third kappa shape index (κ3) is 8.02. The van der Waals surface area contributed by atoms with Gasteiger partial charge < -0.3 is 19.5 Å². The first-order valence-electron chi connectivity index (χ1n) is 10.9. The van der Waals surface area contributed by atoms with Crippen molar-refractivity contribution in [2.45, 2.75) is 45.1 Å². The fraction of sp³-hybridized carbons (Fsp3) is 0.500. The number of methoxy groups -OCH3 is 2. The summed E-state index contributed by atoms with van der Waals surface area (Å²) in [6, 6.07) is 9.24. The van der Waals surface area contributed by atoms with Gasteiger partial charge in [-0.3, -0.25) is 14.5 Å². The van der Waals surface area contributed by atoms with Crippen molar-refractivity contribution in [3.63, 3.8) is 0 Å². The van der Waals surface area contributed by atoms with E-state index in [1.54, 1.807) is 18.7 Å². The van der Waals surface area contributed by atoms with Crippen LogP contribution in [0.4, 0.5) is 5.69 Å². The van der Waals surface area contributed by atoms with E-state index in [1.807, 2.05) is 30.3 Å². The molecule has 0 bridgehead atoms. The minimum absolute atomic E-state index is 0.116. The molecule has 1 aliphatic heterocycles. The van der Waals surface area contributed by atoms with Gasteiger partial charge in [0.25, 0.3) is 0 Å². The van der Waals surface area contributed by atoms with Crippen molar-refractivity contribution in [3.05, 3.63) is 42.5 Å². The second kappa shape index (κ2) is 14.1. The van der Waals surface area contributed by atoms with Crippen molar-refractivity contribution in [1.29, 1.82) is 0 Å². The van der Waals surface area contributed by atoms with Crippen LogP contribution in [0.1, 0.15) is 39.5 Å². The zero-order valence-corrected chi connectivity index (χ0v) is 19.8. The highest BCUT2D eigenvalue weighted by atomic mass is 16.5. The van der Waals surface area contributed by atoms with E-state index in [-0.39, 0.29) is 11.9 Å². The first-order chi connectivity index (χ1) is 15.7. The average molecular weight is 463 g/mol. The minimum atomic E-state index is -1.04. The molecule has 1 heterocycles. The Hall–Kier alpha value is -3.20. The van der Waals surface area contributed by atoms with Crippen molar-refractivity contribution >= 4 is 29.5 Å². The second-order valence-electron chi connectivity index (χ2n) is 7.45. The third-order valence-electron chi connectivity index (χ3n) is 5.41. The van der Waals surface area contributed by atoms with E-state index in [2.05, 4.69) is 9.64 Å². The molecule has 1 aromatic carbocycles. The summed E-state index contributed by atoms with van der Waals surface area (Å²) in [5.41, 5.74) is -0.344. The van der Waals surface area contributed by atoms with Gasteiger partial charge in [0.1, 0.15) is 5.54 Å². The van der Waals surface area contributed by atoms with Crippen LogP contribution >= 0.6 is 0 Å². The number of benzene rings is 1. The number of hydrogen-bond acceptors (Lipinski definition) is 7. The molecule has 1 aliphatic rings. The predicted octanol–water partition coefficient (Wildman–Crippen LogP) is 2.65. The lowest BCUT2D eigenvalue weighted by Gasteiger charge is -2.46. The minimum Gasteiger partial charge on any atom is -0.478 e. The molecule has 33 heavy (non-hydrogen) atoms. The maximum absolute atomic E-state index is 12.8. The van der Waals surface area contributed by atoms with E-state index in [1.165, 1.54) is 20.3 Å². The smallest absolute Gasteiger partial charge is 0.332 e. The number of carboxylic acids is 1. The average Bonchev–Trinajstić information content (AvgIpc) is 2.83. The quantitative estimate of drug-likeness (QED) is 0.463. The van der Waals surface area contributed by atoms with Crippen LogP contribution in [-0.2, 0) is 28.7 Å². The molecule has 0 aliphatic carbocycles. The van der Waals surface area contributed by atoms with Gasteiger partial charge in [0.2, 0.25) is 5.91 Å². The maximum atomic E-state index is 12.8. The number of amides is 1. The summed E-state index contributed by atoms with van der Waals surface area (Å²) >= 11 is 0. The highest BCUT2D eigenvalue weighted by Gasteiger charge is 2.49. The number of allylic oxidation sites excluding steroid dienone is 1. The molecule has 1 saturated heterocycles. The van der Waals surface area contributed by atoms with Crippen LogP contribution in [0.25, 0.3) is 0 Å². The van der Waals surface area contributed by atoms with Gasteiger partial charge in [-0.1, -0.05) is 31.2 Å². The number of carbonyl (C=O) groups is 4. The summed E-state index contributed by atoms with van der Waals surface area (Å²) in [6.07, 6.45) is 4.04. The fourth-order valence-electron chi connectivity index (χ4n) is 3.71. The lowest BCUT2D eigenvalue weighted by Crippen LogP contribution is -2.62. The number of rotatable bonds is 8. The second-order valence-corrected chi connectivity index (χ2v) is 7.45. The van der Waals surface area contributed by atoms with E-state index >= 15 is 0 Å². The lowest BCUT2D eigenvalue weighted by atomic mass is 9.84. The van der Waals surface area contributed by atoms with E-state index in [0.717, 1.165) is 6.08 Å². The highest BCUT2D eigenvalue weighted by molar-refractivity contribution is 6.02. The molecule has 9 heteroatoms. The number of nitrogens with zero attached hydrogens (tertiary/aromatic N) is 2. The molecule has 9 nitrogen and oxygen atoms in total. The Morgan fingerprint density at radius 2 is 1.70 bits per heavy atom. The first-order valence-corrected chi connectivity index (χ1v) is 10.9. The van der Waals surface area contributed by atoms with Crippen LogP contribution in [0.5, 0.6) is 0 Å². The largest absolute Gasteiger partial charge is 0.478 e. The Morgan fingerprint density at radius 3 is 2.12 bits per heavy atom. The Morgan fingerprint density at radius 1 is 1.09 bits per heavy atom. The zero-order chi connectivity index (χ0) is 24.9. The molecule has 0 radical (unpaired) electrons. The topological polar surface area (TPSA) is 113 Å². The van der Waals surface area contributed by atoms with Crippen LogP contribution in [0.2, 0.25) is 0 Å². The van der Waals surface area contributed by atoms with Crippen molar-refractivity contribution in [2.75, 3.05) is 38.8 Å². The van der Waals surface area contributed by atoms with Gasteiger partial charge in [-0.15, -0.1) is 0 Å². The van der Waals surface area contributed by atoms with Crippen molar-refractivity contribution < 1.29 is 33.8 Å². The van der Waals surface area contributed by atoms with E-state index in [9.17, 15) is 19.2 Å². The third-order valence-corrected chi connectivity index (χ3v) is 5.41. The zero-order valence-electron chi connectivity index (χ0n) is 19.8. The van der Waals surface area contributed by atoms with Crippen LogP contribution in [0.3, 0.4) is 0 Å². The molecule has 0 aromatic heterocycles. The summed E-state index contributed by atoms with van der Waals surface area (Å²) in [6.45, 7) is 5.19. The number of anilines is 1. The summed E-state index contributed by atoms with van der Waals surface area (Å²) in [7, 11) is 2.72. The van der Waals surface area contributed by atoms with Crippen molar-refractivity contribution in [3.8, 4) is 0 Å². The molecule has 1 amide bonds. The Labute approximate surface area is 194 Å². The standard InChI is InChI=1S/C20H28N2O5.C4H6O2/c1-4-17(23)22(16-8-6-5-7-9-16)20(19(25)27-3)11-14-21(15-12-20)13-10-18(24)26-2;1-2-3-4(5)6/h5-9H,4,10-15H2,1-3H3;2-3H,1H3,(H,5,6)/b;3-2+. The van der Waals surface area contributed by atoms with Crippen LogP contribution in [0.15, 0.2) is 42.5 Å². The fourth-order valence-corrected chi connectivity index (χ4v) is 3.71. The molecule has 0 unspecified atom stereocenters. The lowest BCUT2D eigenvalue weighted by molar-refractivity contribution is -0.151. The maximum Gasteiger partial charge on any atom is 0.332 e. The number of ether oxygens (including phenoxy) is 2. The molecule has 0 saturated carbocycles. The molecule has 1 N–H and O–H groups in total. The van der Waals surface area contributed by atoms with Crippen LogP contribution < -0.4 is 4.90 Å². The molecule has 182 valence electrons. The monoisotopic (exact) mass is 462 g/mol. The number of hydrogen-bond donors (Lipinski definition) is 1. The van der Waals surface area contributed by atoms with Gasteiger partial charge in [-0.2, -0.15) is 0 Å². The van der Waals surface area contributed by atoms with E-state index in [4.69, 9.17) is 9.84 Å².